The number of hydrogen-bond acceptors (Lipinski definition) is 7. The van der Waals surface area contributed by atoms with Crippen LogP contribution in [0.15, 0.2) is 53.0 Å². The van der Waals surface area contributed by atoms with Crippen LogP contribution in [0.1, 0.15) is 73.5 Å². The number of ether oxygens (including phenoxy) is 2. The van der Waals surface area contributed by atoms with Crippen molar-refractivity contribution in [3.8, 4) is 28.7 Å². The predicted octanol–water partition coefficient (Wildman–Crippen LogP) is 6.92. The molecule has 5 rings (SSSR count). The van der Waals surface area contributed by atoms with Gasteiger partial charge in [0, 0.05) is 62.5 Å². The summed E-state index contributed by atoms with van der Waals surface area (Å²) in [6.07, 6.45) is 5.09. The molecule has 1 amide bonds. The van der Waals surface area contributed by atoms with E-state index in [0.717, 1.165) is 84.0 Å². The molecular weight excluding hydrogens is 670 g/mol. The molecule has 1 fully saturated rings. The van der Waals surface area contributed by atoms with Gasteiger partial charge in [-0.2, -0.15) is 5.26 Å². The molecule has 0 bridgehead atoms. The van der Waals surface area contributed by atoms with Gasteiger partial charge in [-0.3, -0.25) is 23.8 Å². The number of halogens is 1. The number of aromatic nitrogens is 1. The lowest BCUT2D eigenvalue weighted by atomic mass is 9.83. The Balaban J connectivity index is 1.32. The first-order valence-electron chi connectivity index (χ1n) is 18.7. The molecule has 1 atom stereocenters. The summed E-state index contributed by atoms with van der Waals surface area (Å²) in [6, 6.07) is 12.4. The van der Waals surface area contributed by atoms with Crippen molar-refractivity contribution in [2.45, 2.75) is 73.5 Å². The van der Waals surface area contributed by atoms with E-state index in [9.17, 15) is 19.2 Å². The van der Waals surface area contributed by atoms with E-state index < -0.39 is 12.1 Å². The Morgan fingerprint density at radius 3 is 2.25 bits per heavy atom. The van der Waals surface area contributed by atoms with Gasteiger partial charge in [0.15, 0.2) is 0 Å². The first kappa shape index (κ1) is 39.7. The maximum Gasteiger partial charge on any atom is 0.264 e. The molecule has 2 aliphatic rings. The Labute approximate surface area is 314 Å². The minimum absolute atomic E-state index is 0.00173. The summed E-state index contributed by atoms with van der Waals surface area (Å²) < 4.78 is 27.1. The van der Waals surface area contributed by atoms with Crippen molar-refractivity contribution >= 4 is 5.91 Å². The molecule has 0 spiro atoms. The van der Waals surface area contributed by atoms with Crippen molar-refractivity contribution in [2.24, 2.45) is 18.4 Å². The summed E-state index contributed by atoms with van der Waals surface area (Å²) in [6.45, 7) is 16.5. The molecule has 53 heavy (non-hydrogen) atoms. The smallest absolute Gasteiger partial charge is 0.264 e. The fourth-order valence-corrected chi connectivity index (χ4v) is 7.96. The third-order valence-corrected chi connectivity index (χ3v) is 11.0. The fourth-order valence-electron chi connectivity index (χ4n) is 7.96. The number of alkyl halides is 1. The number of hydrogen-bond donors (Lipinski definition) is 0. The first-order chi connectivity index (χ1) is 25.2. The van der Waals surface area contributed by atoms with Crippen molar-refractivity contribution in [2.75, 3.05) is 53.6 Å². The van der Waals surface area contributed by atoms with Crippen molar-refractivity contribution in [1.82, 2.24) is 19.3 Å². The quantitative estimate of drug-likeness (QED) is 0.157. The Morgan fingerprint density at radius 1 is 1.02 bits per heavy atom. The Hall–Kier alpha value is -4.46. The average Bonchev–Trinajstić information content (AvgIpc) is 3.38. The van der Waals surface area contributed by atoms with Crippen LogP contribution in [-0.2, 0) is 31.4 Å². The summed E-state index contributed by atoms with van der Waals surface area (Å²) in [5, 5.41) is 9.88. The first-order valence-corrected chi connectivity index (χ1v) is 18.7. The van der Waals surface area contributed by atoms with Crippen molar-refractivity contribution in [3.63, 3.8) is 0 Å². The number of methoxy groups -OCH3 is 2. The van der Waals surface area contributed by atoms with Gasteiger partial charge < -0.3 is 18.9 Å². The summed E-state index contributed by atoms with van der Waals surface area (Å²) in [4.78, 5) is 33.1. The lowest BCUT2D eigenvalue weighted by Gasteiger charge is -2.41. The molecule has 0 aliphatic carbocycles. The number of benzene rings is 2. The molecule has 0 radical (unpaired) electrons. The maximum absolute atomic E-state index is 13.7. The number of carbonyl (C=O) groups is 1. The Morgan fingerprint density at radius 2 is 1.66 bits per heavy atom. The van der Waals surface area contributed by atoms with Gasteiger partial charge in [0.05, 0.1) is 32.5 Å². The number of allylic oxidation sites excluding steroid dienone is 1. The van der Waals surface area contributed by atoms with Crippen molar-refractivity contribution < 1.29 is 18.7 Å². The predicted molar refractivity (Wildman–Crippen MR) is 208 cm³/mol. The number of pyridine rings is 1. The monoisotopic (exact) mass is 725 g/mol. The van der Waals surface area contributed by atoms with E-state index in [1.165, 1.54) is 17.2 Å². The van der Waals surface area contributed by atoms with Crippen LogP contribution in [0.2, 0.25) is 0 Å². The van der Waals surface area contributed by atoms with Crippen LogP contribution in [0.5, 0.6) is 11.5 Å². The molecular formula is C43H56FN5O4. The van der Waals surface area contributed by atoms with Crippen LogP contribution in [0.3, 0.4) is 0 Å². The van der Waals surface area contributed by atoms with Gasteiger partial charge in [0.2, 0.25) is 0 Å². The highest BCUT2D eigenvalue weighted by Gasteiger charge is 2.36. The van der Waals surface area contributed by atoms with E-state index in [4.69, 9.17) is 9.47 Å². The molecule has 0 N–H and O–H groups in total. The normalized spacial score (nSPS) is 17.4. The minimum Gasteiger partial charge on any atom is -0.496 e. The van der Waals surface area contributed by atoms with Crippen LogP contribution < -0.4 is 15.0 Å². The second-order valence-electron chi connectivity index (χ2n) is 15.7. The third kappa shape index (κ3) is 8.53. The third-order valence-electron chi connectivity index (χ3n) is 11.0. The number of nitrogens with zero attached hydrogens (tertiary/aromatic N) is 5. The summed E-state index contributed by atoms with van der Waals surface area (Å²) >= 11 is 0. The maximum atomic E-state index is 13.7. The number of rotatable bonds is 11. The molecule has 1 saturated heterocycles. The van der Waals surface area contributed by atoms with Gasteiger partial charge in [0.1, 0.15) is 23.1 Å². The van der Waals surface area contributed by atoms with Crippen LogP contribution in [0.25, 0.3) is 11.1 Å². The molecule has 9 nitrogen and oxygen atoms in total. The molecule has 3 heterocycles. The Kier molecular flexibility index (Phi) is 12.5. The van der Waals surface area contributed by atoms with E-state index in [2.05, 4.69) is 47.9 Å². The van der Waals surface area contributed by atoms with Crippen LogP contribution in [0.4, 0.5) is 4.39 Å². The summed E-state index contributed by atoms with van der Waals surface area (Å²) in [5.74, 6) is 1.33. The zero-order valence-corrected chi connectivity index (χ0v) is 33.0. The number of carbonyl (C=O) groups excluding carboxylic acids is 1. The SMILES string of the molecule is COc1cc(-c2cn(C)c(=O)c(C)c2C)cc(OC)c1CN1CCCN(Cc2cccc3c2CCN(C(=O)C(C#N)=CC(C)(C)CF)C3C(C)C)CC1. The van der Waals surface area contributed by atoms with Crippen LogP contribution in [0, 0.1) is 36.5 Å². The summed E-state index contributed by atoms with van der Waals surface area (Å²) in [7, 11) is 5.16. The fraction of sp³-hybridized carbons (Fsp3) is 0.512. The van der Waals surface area contributed by atoms with Crippen molar-refractivity contribution in [3.05, 3.63) is 91.9 Å². The lowest BCUT2D eigenvalue weighted by molar-refractivity contribution is -0.130. The van der Waals surface area contributed by atoms with Gasteiger partial charge in [-0.25, -0.2) is 0 Å². The molecule has 1 unspecified atom stereocenters. The largest absolute Gasteiger partial charge is 0.496 e. The molecule has 284 valence electrons. The summed E-state index contributed by atoms with van der Waals surface area (Å²) in [5.41, 5.74) is 7.44. The number of aryl methyl sites for hydroxylation is 1. The van der Waals surface area contributed by atoms with Crippen LogP contribution >= 0.6 is 0 Å². The van der Waals surface area contributed by atoms with E-state index in [0.29, 0.717) is 19.5 Å². The van der Waals surface area contributed by atoms with Crippen LogP contribution in [-0.4, -0.2) is 78.8 Å². The van der Waals surface area contributed by atoms with Crippen molar-refractivity contribution in [1.29, 1.82) is 5.26 Å². The second-order valence-corrected chi connectivity index (χ2v) is 15.7. The van der Waals surface area contributed by atoms with E-state index in [-0.39, 0.29) is 29.0 Å². The highest BCUT2D eigenvalue weighted by Crippen LogP contribution is 2.39. The molecule has 3 aromatic rings. The average molecular weight is 726 g/mol. The number of fused-ring (bicyclic) bond motifs is 1. The molecule has 2 aromatic carbocycles. The molecule has 2 aliphatic heterocycles. The standard InChI is InChI=1S/C43H56FN5O4/c1-28(2)40-35-13-10-12-31(34(35)14-17-49(40)42(51)33(23-45)22-43(5,6)27-44)24-47-15-11-16-48(19-18-47)26-37-38(52-8)20-32(21-39(37)53-9)36-25-46(7)41(50)30(4)29(36)3/h10,12-13,20-22,25,28,40H,11,14-19,24,26-27H2,1-9H3. The van der Waals surface area contributed by atoms with Gasteiger partial charge in [-0.15, -0.1) is 0 Å². The highest BCUT2D eigenvalue weighted by atomic mass is 19.1. The molecule has 1 aromatic heterocycles. The van der Waals surface area contributed by atoms with Gasteiger partial charge in [0.25, 0.3) is 11.5 Å². The lowest BCUT2D eigenvalue weighted by Crippen LogP contribution is -2.43. The second kappa shape index (κ2) is 16.7. The zero-order chi connectivity index (χ0) is 38.6. The van der Waals surface area contributed by atoms with E-state index in [1.54, 1.807) is 39.7 Å². The van der Waals surface area contributed by atoms with E-state index in [1.807, 2.05) is 37.1 Å². The van der Waals surface area contributed by atoms with E-state index >= 15 is 0 Å². The van der Waals surface area contributed by atoms with Gasteiger partial charge in [-0.05, 0) is 85.6 Å². The highest BCUT2D eigenvalue weighted by molar-refractivity contribution is 5.97. The zero-order valence-electron chi connectivity index (χ0n) is 33.0. The molecule has 10 heteroatoms. The van der Waals surface area contributed by atoms with Gasteiger partial charge >= 0.3 is 0 Å². The topological polar surface area (TPSA) is 91.0 Å². The number of nitriles is 1. The minimum atomic E-state index is -0.885. The van der Waals surface area contributed by atoms with Gasteiger partial charge in [-0.1, -0.05) is 52.0 Å². The molecule has 0 saturated carbocycles. The Bertz CT molecular complexity index is 1930. The number of amides is 1.